The first-order chi connectivity index (χ1) is 9.96. The van der Waals surface area contributed by atoms with Gasteiger partial charge in [0.25, 0.3) is 0 Å². The van der Waals surface area contributed by atoms with Crippen molar-refractivity contribution < 1.29 is 13.3 Å². The van der Waals surface area contributed by atoms with Gasteiger partial charge in [-0.2, -0.15) is 5.26 Å². The van der Waals surface area contributed by atoms with Gasteiger partial charge < -0.3 is 4.90 Å². The quantitative estimate of drug-likeness (QED) is 0.581. The van der Waals surface area contributed by atoms with Crippen molar-refractivity contribution in [2.45, 2.75) is 6.17 Å². The minimum atomic E-state index is -3.32. The van der Waals surface area contributed by atoms with Crippen molar-refractivity contribution >= 4 is 11.9 Å². The van der Waals surface area contributed by atoms with E-state index >= 15 is 0 Å². The molecule has 0 N–H and O–H groups in total. The van der Waals surface area contributed by atoms with Crippen molar-refractivity contribution in [3.63, 3.8) is 0 Å². The van der Waals surface area contributed by atoms with E-state index in [0.29, 0.717) is 10.7 Å². The van der Waals surface area contributed by atoms with Gasteiger partial charge in [-0.3, -0.25) is 0 Å². The van der Waals surface area contributed by atoms with Gasteiger partial charge in [0.2, 0.25) is 5.69 Å². The molecule has 0 unspecified atom stereocenters. The molecule has 106 valence electrons. The SMILES string of the molecule is CN(C)C1=CC2=C(C#N)c3cccc[n+]3C(F)(F)N2C=N1. The fourth-order valence-electron chi connectivity index (χ4n) is 2.30. The van der Waals surface area contributed by atoms with Gasteiger partial charge in [0.1, 0.15) is 23.8 Å². The molecule has 3 heterocycles. The lowest BCUT2D eigenvalue weighted by Gasteiger charge is -2.32. The summed E-state index contributed by atoms with van der Waals surface area (Å²) in [5, 5.41) is 9.39. The number of aliphatic imine (C=N–C) groups is 1. The number of fused-ring (bicyclic) bond motifs is 2. The standard InChI is InChI=1S/C14H12F2N5/c1-19(2)13-7-12-10(8-17)11-5-3-4-6-20(11)14(15,16)21(12)9-18-13/h3-7,9H,1-2H3/q+1. The molecule has 1 aromatic heterocycles. The molecule has 0 atom stereocenters. The maximum Gasteiger partial charge on any atom is 0.566 e. The van der Waals surface area contributed by atoms with Crippen LogP contribution in [-0.4, -0.2) is 30.2 Å². The number of nitrogens with zero attached hydrogens (tertiary/aromatic N) is 5. The van der Waals surface area contributed by atoms with E-state index in [1.165, 1.54) is 24.4 Å². The number of allylic oxidation sites excluding steroid dienone is 2. The van der Waals surface area contributed by atoms with Crippen molar-refractivity contribution in [3.8, 4) is 6.07 Å². The molecule has 2 aliphatic rings. The number of alkyl halides is 2. The number of pyridine rings is 1. The van der Waals surface area contributed by atoms with Crippen LogP contribution in [0, 0.1) is 11.3 Å². The van der Waals surface area contributed by atoms with Crippen molar-refractivity contribution in [1.82, 2.24) is 9.80 Å². The average Bonchev–Trinajstić information content (AvgIpc) is 2.47. The normalized spacial score (nSPS) is 18.6. The third-order valence-corrected chi connectivity index (χ3v) is 3.35. The molecule has 0 aliphatic carbocycles. The molecule has 0 spiro atoms. The van der Waals surface area contributed by atoms with E-state index < -0.39 is 6.17 Å². The van der Waals surface area contributed by atoms with E-state index in [4.69, 9.17) is 0 Å². The zero-order valence-corrected chi connectivity index (χ0v) is 11.5. The molecular formula is C14H12F2N5+. The van der Waals surface area contributed by atoms with E-state index in [-0.39, 0.29) is 17.0 Å². The zero-order valence-electron chi connectivity index (χ0n) is 11.5. The summed E-state index contributed by atoms with van der Waals surface area (Å²) in [6, 6.07) is 6.65. The first-order valence-electron chi connectivity index (χ1n) is 6.23. The van der Waals surface area contributed by atoms with E-state index in [9.17, 15) is 14.0 Å². The molecule has 0 saturated carbocycles. The summed E-state index contributed by atoms with van der Waals surface area (Å²) < 4.78 is 29.9. The highest BCUT2D eigenvalue weighted by atomic mass is 19.3. The Morgan fingerprint density at radius 2 is 2.14 bits per heavy atom. The van der Waals surface area contributed by atoms with Crippen LogP contribution in [0.3, 0.4) is 0 Å². The summed E-state index contributed by atoms with van der Waals surface area (Å²) >= 11 is 0. The first kappa shape index (κ1) is 13.2. The van der Waals surface area contributed by atoms with Gasteiger partial charge >= 0.3 is 6.17 Å². The van der Waals surface area contributed by atoms with Crippen LogP contribution in [-0.2, 0) is 6.17 Å². The van der Waals surface area contributed by atoms with Crippen molar-refractivity contribution in [2.24, 2.45) is 4.99 Å². The van der Waals surface area contributed by atoms with E-state index in [1.54, 1.807) is 25.1 Å². The smallest absolute Gasteiger partial charge is 0.363 e. The largest absolute Gasteiger partial charge is 0.566 e. The average molecular weight is 288 g/mol. The van der Waals surface area contributed by atoms with Gasteiger partial charge in [0, 0.05) is 32.3 Å². The molecule has 5 nitrogen and oxygen atoms in total. The number of halogens is 2. The Morgan fingerprint density at radius 3 is 2.81 bits per heavy atom. The molecule has 3 rings (SSSR count). The van der Waals surface area contributed by atoms with Crippen LogP contribution in [0.5, 0.6) is 0 Å². The minimum Gasteiger partial charge on any atom is -0.363 e. The molecule has 0 bridgehead atoms. The van der Waals surface area contributed by atoms with Crippen LogP contribution in [0.2, 0.25) is 0 Å². The van der Waals surface area contributed by atoms with Gasteiger partial charge in [-0.05, 0) is 6.07 Å². The van der Waals surface area contributed by atoms with Gasteiger partial charge in [-0.1, -0.05) is 0 Å². The maximum absolute atomic E-state index is 14.6. The fraction of sp³-hybridized carbons (Fsp3) is 0.214. The lowest BCUT2D eigenvalue weighted by Crippen LogP contribution is -2.64. The van der Waals surface area contributed by atoms with Gasteiger partial charge in [-0.25, -0.2) is 9.89 Å². The number of nitriles is 1. The summed E-state index contributed by atoms with van der Waals surface area (Å²) in [7, 11) is 3.52. The predicted octanol–water partition coefficient (Wildman–Crippen LogP) is 1.48. The van der Waals surface area contributed by atoms with Crippen LogP contribution in [0.25, 0.3) is 5.57 Å². The molecule has 0 fully saturated rings. The molecule has 2 aliphatic heterocycles. The van der Waals surface area contributed by atoms with Crippen LogP contribution in [0.15, 0.2) is 47.0 Å². The van der Waals surface area contributed by atoms with Crippen LogP contribution >= 0.6 is 0 Å². The Labute approximate surface area is 120 Å². The lowest BCUT2D eigenvalue weighted by molar-refractivity contribution is -0.846. The second kappa shape index (κ2) is 4.38. The van der Waals surface area contributed by atoms with Crippen LogP contribution in [0.1, 0.15) is 5.69 Å². The Hall–Kier alpha value is -2.75. The summed E-state index contributed by atoms with van der Waals surface area (Å²) in [5.41, 5.74) is 0.514. The fourth-order valence-corrected chi connectivity index (χ4v) is 2.30. The van der Waals surface area contributed by atoms with Gasteiger partial charge in [0.15, 0.2) is 6.20 Å². The molecule has 7 heteroatoms. The molecular weight excluding hydrogens is 276 g/mol. The molecule has 0 saturated heterocycles. The van der Waals surface area contributed by atoms with Crippen LogP contribution in [0.4, 0.5) is 8.78 Å². The van der Waals surface area contributed by atoms with Crippen LogP contribution < -0.4 is 4.57 Å². The number of hydrogen-bond acceptors (Lipinski definition) is 4. The zero-order chi connectivity index (χ0) is 15.2. The van der Waals surface area contributed by atoms with Gasteiger partial charge in [-0.15, -0.1) is 13.3 Å². The summed E-state index contributed by atoms with van der Waals surface area (Å²) in [6.45, 7) is 0. The van der Waals surface area contributed by atoms with E-state index in [2.05, 4.69) is 4.99 Å². The highest BCUT2D eigenvalue weighted by molar-refractivity contribution is 5.82. The third kappa shape index (κ3) is 1.80. The predicted molar refractivity (Wildman–Crippen MR) is 71.5 cm³/mol. The number of rotatable bonds is 1. The van der Waals surface area contributed by atoms with E-state index in [0.717, 1.165) is 10.9 Å². The second-order valence-corrected chi connectivity index (χ2v) is 4.85. The van der Waals surface area contributed by atoms with Gasteiger partial charge in [0.05, 0.1) is 5.70 Å². The Balaban J connectivity index is 2.31. The molecule has 0 amide bonds. The number of hydrogen-bond donors (Lipinski definition) is 0. The molecule has 0 aromatic carbocycles. The minimum absolute atomic E-state index is 0.146. The highest BCUT2D eigenvalue weighted by Crippen LogP contribution is 2.36. The van der Waals surface area contributed by atoms with E-state index in [1.807, 2.05) is 6.07 Å². The highest BCUT2D eigenvalue weighted by Gasteiger charge is 2.55. The Kier molecular flexibility index (Phi) is 2.76. The van der Waals surface area contributed by atoms with Crippen molar-refractivity contribution in [2.75, 3.05) is 14.1 Å². The monoisotopic (exact) mass is 288 g/mol. The lowest BCUT2D eigenvalue weighted by atomic mass is 10.1. The van der Waals surface area contributed by atoms with Crippen molar-refractivity contribution in [1.29, 1.82) is 5.26 Å². The molecule has 1 aromatic rings. The first-order valence-corrected chi connectivity index (χ1v) is 6.23. The molecule has 21 heavy (non-hydrogen) atoms. The summed E-state index contributed by atoms with van der Waals surface area (Å²) in [5.74, 6) is 0.509. The topological polar surface area (TPSA) is 46.5 Å². The molecule has 0 radical (unpaired) electrons. The summed E-state index contributed by atoms with van der Waals surface area (Å²) in [6.07, 6.45) is 0.487. The van der Waals surface area contributed by atoms with Crippen molar-refractivity contribution in [3.05, 3.63) is 47.7 Å². The maximum atomic E-state index is 14.6. The Morgan fingerprint density at radius 1 is 1.38 bits per heavy atom. The Bertz CT molecular complexity index is 740. The summed E-state index contributed by atoms with van der Waals surface area (Å²) in [4.78, 5) is 6.41. The third-order valence-electron chi connectivity index (χ3n) is 3.35. The second-order valence-electron chi connectivity index (χ2n) is 4.85. The number of aromatic nitrogens is 1.